The molecule has 1 atom stereocenters. The molecule has 84 valence electrons. The summed E-state index contributed by atoms with van der Waals surface area (Å²) in [6.07, 6.45) is 4.20. The van der Waals surface area contributed by atoms with E-state index in [9.17, 15) is 9.90 Å². The SMILES string of the molecule is CC1=CC2=C(C)C3(CC3)C(C)C(=O)C2=C1O. The number of ketones is 1. The van der Waals surface area contributed by atoms with Crippen LogP contribution in [-0.2, 0) is 4.79 Å². The molecular formula is C14H16O2. The summed E-state index contributed by atoms with van der Waals surface area (Å²) in [4.78, 5) is 12.3. The first-order valence-electron chi connectivity index (χ1n) is 5.87. The number of allylic oxidation sites excluding steroid dienone is 5. The van der Waals surface area contributed by atoms with Crippen molar-refractivity contribution in [2.45, 2.75) is 33.6 Å². The normalized spacial score (nSPS) is 31.1. The molecule has 0 aromatic rings. The average molecular weight is 216 g/mol. The van der Waals surface area contributed by atoms with Crippen LogP contribution in [0.5, 0.6) is 0 Å². The smallest absolute Gasteiger partial charge is 0.170 e. The third kappa shape index (κ3) is 0.909. The Hall–Kier alpha value is -1.31. The molecule has 16 heavy (non-hydrogen) atoms. The van der Waals surface area contributed by atoms with Gasteiger partial charge in [0.2, 0.25) is 0 Å². The highest BCUT2D eigenvalue weighted by Crippen LogP contribution is 2.62. The molecule has 3 rings (SSSR count). The Morgan fingerprint density at radius 3 is 2.56 bits per heavy atom. The maximum absolute atomic E-state index is 12.3. The Bertz CT molecular complexity index is 499. The van der Waals surface area contributed by atoms with Crippen LogP contribution >= 0.6 is 0 Å². The van der Waals surface area contributed by atoms with Gasteiger partial charge in [-0.15, -0.1) is 0 Å². The third-order valence-corrected chi connectivity index (χ3v) is 4.65. The van der Waals surface area contributed by atoms with Gasteiger partial charge >= 0.3 is 0 Å². The fourth-order valence-corrected chi connectivity index (χ4v) is 3.23. The fraction of sp³-hybridized carbons (Fsp3) is 0.500. The van der Waals surface area contributed by atoms with Gasteiger partial charge in [-0.1, -0.05) is 12.5 Å². The molecule has 0 amide bonds. The van der Waals surface area contributed by atoms with Crippen LogP contribution < -0.4 is 0 Å². The molecule has 0 saturated heterocycles. The van der Waals surface area contributed by atoms with Crippen molar-refractivity contribution in [3.8, 4) is 0 Å². The van der Waals surface area contributed by atoms with Gasteiger partial charge in [0.15, 0.2) is 5.78 Å². The monoisotopic (exact) mass is 216 g/mol. The molecule has 0 heterocycles. The van der Waals surface area contributed by atoms with E-state index in [-0.39, 0.29) is 22.9 Å². The van der Waals surface area contributed by atoms with Crippen molar-refractivity contribution in [1.29, 1.82) is 0 Å². The van der Waals surface area contributed by atoms with E-state index < -0.39 is 0 Å². The summed E-state index contributed by atoms with van der Waals surface area (Å²) in [6.45, 7) is 5.98. The number of hydrogen-bond acceptors (Lipinski definition) is 2. The molecule has 2 heteroatoms. The molecule has 0 radical (unpaired) electrons. The Morgan fingerprint density at radius 1 is 1.38 bits per heavy atom. The summed E-state index contributed by atoms with van der Waals surface area (Å²) >= 11 is 0. The zero-order valence-corrected chi connectivity index (χ0v) is 9.92. The number of hydrogen-bond donors (Lipinski definition) is 1. The maximum atomic E-state index is 12.3. The predicted molar refractivity (Wildman–Crippen MR) is 61.9 cm³/mol. The van der Waals surface area contributed by atoms with Gasteiger partial charge in [0.25, 0.3) is 0 Å². The van der Waals surface area contributed by atoms with Crippen LogP contribution in [0.4, 0.5) is 0 Å². The van der Waals surface area contributed by atoms with Crippen LogP contribution in [0, 0.1) is 11.3 Å². The lowest BCUT2D eigenvalue weighted by atomic mass is 9.71. The molecule has 3 aliphatic carbocycles. The van der Waals surface area contributed by atoms with Gasteiger partial charge in [0.1, 0.15) is 5.76 Å². The summed E-state index contributed by atoms with van der Waals surface area (Å²) in [5.41, 5.74) is 3.81. The molecule has 0 aromatic carbocycles. The van der Waals surface area contributed by atoms with E-state index in [1.807, 2.05) is 19.9 Å². The zero-order valence-electron chi connectivity index (χ0n) is 9.92. The molecular weight excluding hydrogens is 200 g/mol. The highest BCUT2D eigenvalue weighted by atomic mass is 16.3. The van der Waals surface area contributed by atoms with Crippen LogP contribution in [-0.4, -0.2) is 10.9 Å². The van der Waals surface area contributed by atoms with E-state index in [4.69, 9.17) is 0 Å². The van der Waals surface area contributed by atoms with Crippen LogP contribution in [0.2, 0.25) is 0 Å². The molecule has 1 spiro atoms. The second-order valence-corrected chi connectivity index (χ2v) is 5.33. The Balaban J connectivity index is 2.28. The Labute approximate surface area is 95.4 Å². The molecule has 1 N–H and O–H groups in total. The molecule has 0 aromatic heterocycles. The van der Waals surface area contributed by atoms with Crippen molar-refractivity contribution in [1.82, 2.24) is 0 Å². The predicted octanol–water partition coefficient (Wildman–Crippen LogP) is 3.07. The minimum atomic E-state index is 0.0349. The third-order valence-electron chi connectivity index (χ3n) is 4.65. The van der Waals surface area contributed by atoms with Crippen molar-refractivity contribution in [2.75, 3.05) is 0 Å². The van der Waals surface area contributed by atoms with E-state index in [0.29, 0.717) is 5.57 Å². The lowest BCUT2D eigenvalue weighted by molar-refractivity contribution is -0.120. The summed E-state index contributed by atoms with van der Waals surface area (Å²) in [5, 5.41) is 9.95. The Morgan fingerprint density at radius 2 is 2.00 bits per heavy atom. The molecule has 3 aliphatic rings. The summed E-state index contributed by atoms with van der Waals surface area (Å²) in [7, 11) is 0. The lowest BCUT2D eigenvalue weighted by Crippen LogP contribution is -2.30. The van der Waals surface area contributed by atoms with Crippen molar-refractivity contribution in [3.05, 3.63) is 34.1 Å². The van der Waals surface area contributed by atoms with Gasteiger partial charge < -0.3 is 5.11 Å². The molecule has 0 aliphatic heterocycles. The van der Waals surface area contributed by atoms with E-state index >= 15 is 0 Å². The fourth-order valence-electron chi connectivity index (χ4n) is 3.23. The second-order valence-electron chi connectivity index (χ2n) is 5.33. The van der Waals surface area contributed by atoms with Crippen LogP contribution in [0.3, 0.4) is 0 Å². The molecule has 1 unspecified atom stereocenters. The standard InChI is InChI=1S/C14H16O2/c1-7-6-10-8(2)14(4-5-14)9(3)13(16)11(10)12(7)15/h6,9,15H,4-5H2,1-3H3. The highest BCUT2D eigenvalue weighted by molar-refractivity contribution is 6.06. The highest BCUT2D eigenvalue weighted by Gasteiger charge is 2.56. The zero-order chi connectivity index (χ0) is 11.7. The van der Waals surface area contributed by atoms with E-state index in [2.05, 4.69) is 6.92 Å². The van der Waals surface area contributed by atoms with Gasteiger partial charge in [-0.2, -0.15) is 0 Å². The summed E-state index contributed by atoms with van der Waals surface area (Å²) in [5.74, 6) is 0.359. The topological polar surface area (TPSA) is 37.3 Å². The van der Waals surface area contributed by atoms with E-state index in [1.165, 1.54) is 5.57 Å². The van der Waals surface area contributed by atoms with Gasteiger partial charge in [-0.3, -0.25) is 4.79 Å². The van der Waals surface area contributed by atoms with Gasteiger partial charge in [-0.25, -0.2) is 0 Å². The number of rotatable bonds is 0. The number of aliphatic hydroxyl groups excluding tert-OH is 1. The lowest BCUT2D eigenvalue weighted by Gasteiger charge is -2.31. The average Bonchev–Trinajstić information content (AvgIpc) is 2.99. The van der Waals surface area contributed by atoms with Gasteiger partial charge in [-0.05, 0) is 43.9 Å². The largest absolute Gasteiger partial charge is 0.507 e. The number of carbonyl (C=O) groups is 1. The molecule has 2 nitrogen and oxygen atoms in total. The molecule has 0 bridgehead atoms. The molecule has 1 fully saturated rings. The van der Waals surface area contributed by atoms with Crippen molar-refractivity contribution < 1.29 is 9.90 Å². The van der Waals surface area contributed by atoms with Crippen LogP contribution in [0.25, 0.3) is 0 Å². The van der Waals surface area contributed by atoms with Crippen molar-refractivity contribution in [3.63, 3.8) is 0 Å². The van der Waals surface area contributed by atoms with Gasteiger partial charge in [0.05, 0.1) is 5.57 Å². The van der Waals surface area contributed by atoms with E-state index in [1.54, 1.807) is 0 Å². The quantitative estimate of drug-likeness (QED) is 0.675. The van der Waals surface area contributed by atoms with Crippen LogP contribution in [0.1, 0.15) is 33.6 Å². The number of fused-ring (bicyclic) bond motifs is 1. The second kappa shape index (κ2) is 2.68. The molecule has 1 saturated carbocycles. The van der Waals surface area contributed by atoms with Crippen molar-refractivity contribution >= 4 is 5.78 Å². The van der Waals surface area contributed by atoms with Gasteiger partial charge in [0, 0.05) is 11.3 Å². The summed E-state index contributed by atoms with van der Waals surface area (Å²) < 4.78 is 0. The van der Waals surface area contributed by atoms with E-state index in [0.717, 1.165) is 24.0 Å². The summed E-state index contributed by atoms with van der Waals surface area (Å²) in [6, 6.07) is 0. The number of aliphatic hydroxyl groups is 1. The first-order chi connectivity index (χ1) is 7.49. The minimum absolute atomic E-state index is 0.0349. The first-order valence-corrected chi connectivity index (χ1v) is 5.87. The van der Waals surface area contributed by atoms with Crippen LogP contribution in [0.15, 0.2) is 34.1 Å². The maximum Gasteiger partial charge on any atom is 0.170 e. The first kappa shape index (κ1) is 9.88. The number of Topliss-reactive ketones (excluding diaryl/α,β-unsaturated/α-hetero) is 1. The minimum Gasteiger partial charge on any atom is -0.507 e. The van der Waals surface area contributed by atoms with Crippen molar-refractivity contribution in [2.24, 2.45) is 11.3 Å². The number of carbonyl (C=O) groups excluding carboxylic acids is 1. The Kier molecular flexibility index (Phi) is 1.65.